The fourth-order valence-electron chi connectivity index (χ4n) is 2.70. The molecule has 0 fully saturated rings. The fourth-order valence-corrected chi connectivity index (χ4v) is 3.61. The summed E-state index contributed by atoms with van der Waals surface area (Å²) >= 11 is 0. The molecule has 0 saturated carbocycles. The van der Waals surface area contributed by atoms with E-state index in [2.05, 4.69) is 5.32 Å². The summed E-state index contributed by atoms with van der Waals surface area (Å²) in [6, 6.07) is 9.26. The van der Waals surface area contributed by atoms with Gasteiger partial charge >= 0.3 is 0 Å². The van der Waals surface area contributed by atoms with Crippen LogP contribution in [-0.4, -0.2) is 39.2 Å². The molecule has 9 nitrogen and oxygen atoms in total. The first kappa shape index (κ1) is 21.2. The topological polar surface area (TPSA) is 119 Å². The first-order chi connectivity index (χ1) is 13.0. The molecule has 2 aromatic rings. The minimum Gasteiger partial charge on any atom is -0.495 e. The second-order valence-electron chi connectivity index (χ2n) is 6.20. The number of rotatable bonds is 7. The van der Waals surface area contributed by atoms with Crippen LogP contribution < -0.4 is 14.4 Å². The van der Waals surface area contributed by atoms with E-state index in [0.29, 0.717) is 11.4 Å². The summed E-state index contributed by atoms with van der Waals surface area (Å²) in [6.45, 7) is 2.73. The Labute approximate surface area is 163 Å². The van der Waals surface area contributed by atoms with Crippen molar-refractivity contribution >= 4 is 33.0 Å². The molecule has 0 bridgehead atoms. The average molecular weight is 407 g/mol. The van der Waals surface area contributed by atoms with E-state index >= 15 is 0 Å². The van der Waals surface area contributed by atoms with Crippen molar-refractivity contribution in [2.75, 3.05) is 29.5 Å². The lowest BCUT2D eigenvalue weighted by Gasteiger charge is -2.23. The van der Waals surface area contributed by atoms with Gasteiger partial charge in [0, 0.05) is 6.07 Å². The standard InChI is InChI=1S/C18H21N3O6S/c1-12-8-9-17(27-3)14(10-12)19-18(22)11-20(28(4,25)26)15-6-5-7-16(13(15)2)21(23)24/h5-10H,11H2,1-4H3,(H,19,22). The van der Waals surface area contributed by atoms with Crippen molar-refractivity contribution in [1.29, 1.82) is 0 Å². The van der Waals surface area contributed by atoms with Crippen LogP contribution in [0.2, 0.25) is 0 Å². The number of sulfonamides is 1. The maximum atomic E-state index is 12.5. The van der Waals surface area contributed by atoms with E-state index in [4.69, 9.17) is 4.74 Å². The Hall–Kier alpha value is -3.14. The van der Waals surface area contributed by atoms with Crippen LogP contribution >= 0.6 is 0 Å². The Morgan fingerprint density at radius 1 is 1.25 bits per heavy atom. The molecule has 2 aromatic carbocycles. The predicted octanol–water partition coefficient (Wildman–Crippen LogP) is 2.62. The normalized spacial score (nSPS) is 11.0. The lowest BCUT2D eigenvalue weighted by molar-refractivity contribution is -0.385. The Morgan fingerprint density at radius 2 is 1.93 bits per heavy atom. The number of anilines is 2. The monoisotopic (exact) mass is 407 g/mol. The van der Waals surface area contributed by atoms with E-state index in [1.165, 1.54) is 32.2 Å². The molecule has 2 rings (SSSR count). The van der Waals surface area contributed by atoms with Crippen LogP contribution in [0.4, 0.5) is 17.1 Å². The van der Waals surface area contributed by atoms with Gasteiger partial charge in [-0.2, -0.15) is 0 Å². The van der Waals surface area contributed by atoms with Crippen molar-refractivity contribution in [2.24, 2.45) is 0 Å². The molecule has 0 aromatic heterocycles. The maximum absolute atomic E-state index is 12.5. The molecule has 1 N–H and O–H groups in total. The summed E-state index contributed by atoms with van der Waals surface area (Å²) in [6.07, 6.45) is 0.936. The molecule has 1 amide bonds. The maximum Gasteiger partial charge on any atom is 0.274 e. The summed E-state index contributed by atoms with van der Waals surface area (Å²) in [5.41, 5.74) is 1.27. The second-order valence-corrected chi connectivity index (χ2v) is 8.11. The minimum atomic E-state index is -3.88. The molecule has 10 heteroatoms. The third-order valence-corrected chi connectivity index (χ3v) is 5.19. The highest BCUT2D eigenvalue weighted by Gasteiger charge is 2.26. The van der Waals surface area contributed by atoms with Gasteiger partial charge in [-0.3, -0.25) is 19.2 Å². The number of aryl methyl sites for hydroxylation is 1. The number of nitro benzene ring substituents is 1. The van der Waals surface area contributed by atoms with Crippen LogP contribution in [-0.2, 0) is 14.8 Å². The average Bonchev–Trinajstić information content (AvgIpc) is 2.59. The van der Waals surface area contributed by atoms with Gasteiger partial charge in [0.1, 0.15) is 12.3 Å². The number of hydrogen-bond donors (Lipinski definition) is 1. The number of nitrogens with one attached hydrogen (secondary N) is 1. The summed E-state index contributed by atoms with van der Waals surface area (Å²) in [7, 11) is -2.42. The van der Waals surface area contributed by atoms with Crippen molar-refractivity contribution in [3.8, 4) is 5.75 Å². The molecule has 0 unspecified atom stereocenters. The number of nitrogens with zero attached hydrogens (tertiary/aromatic N) is 2. The molecular weight excluding hydrogens is 386 g/mol. The highest BCUT2D eigenvalue weighted by atomic mass is 32.2. The van der Waals surface area contributed by atoms with E-state index < -0.39 is 27.4 Å². The van der Waals surface area contributed by atoms with Gasteiger partial charge < -0.3 is 10.1 Å². The predicted molar refractivity (Wildman–Crippen MR) is 106 cm³/mol. The van der Waals surface area contributed by atoms with E-state index in [-0.39, 0.29) is 16.9 Å². The highest BCUT2D eigenvalue weighted by Crippen LogP contribution is 2.30. The number of ether oxygens (including phenoxy) is 1. The van der Waals surface area contributed by atoms with Gasteiger partial charge in [-0.1, -0.05) is 12.1 Å². The van der Waals surface area contributed by atoms with Crippen molar-refractivity contribution in [2.45, 2.75) is 13.8 Å². The summed E-state index contributed by atoms with van der Waals surface area (Å²) < 4.78 is 30.6. The smallest absolute Gasteiger partial charge is 0.274 e. The molecule has 0 radical (unpaired) electrons. The van der Waals surface area contributed by atoms with Gasteiger partial charge in [0.25, 0.3) is 5.69 Å². The minimum absolute atomic E-state index is 0.0723. The zero-order valence-electron chi connectivity index (χ0n) is 15.9. The van der Waals surface area contributed by atoms with Crippen LogP contribution in [0.5, 0.6) is 5.75 Å². The summed E-state index contributed by atoms with van der Waals surface area (Å²) in [5.74, 6) is -0.184. The van der Waals surface area contributed by atoms with Gasteiger partial charge in [-0.05, 0) is 37.6 Å². The van der Waals surface area contributed by atoms with Crippen molar-refractivity contribution in [3.05, 3.63) is 57.6 Å². The molecule has 28 heavy (non-hydrogen) atoms. The number of hydrogen-bond acceptors (Lipinski definition) is 6. The number of nitro groups is 1. The number of carbonyl (C=O) groups excluding carboxylic acids is 1. The molecular formula is C18H21N3O6S. The van der Waals surface area contributed by atoms with Crippen LogP contribution in [0, 0.1) is 24.0 Å². The Kier molecular flexibility index (Phi) is 6.24. The molecule has 0 aliphatic heterocycles. The molecule has 0 saturated heterocycles. The van der Waals surface area contributed by atoms with Crippen molar-refractivity contribution < 1.29 is 22.9 Å². The van der Waals surface area contributed by atoms with Crippen molar-refractivity contribution in [1.82, 2.24) is 0 Å². The van der Waals surface area contributed by atoms with E-state index in [9.17, 15) is 23.3 Å². The highest BCUT2D eigenvalue weighted by molar-refractivity contribution is 7.92. The van der Waals surface area contributed by atoms with Crippen molar-refractivity contribution in [3.63, 3.8) is 0 Å². The van der Waals surface area contributed by atoms with E-state index in [1.807, 2.05) is 13.0 Å². The molecule has 150 valence electrons. The largest absolute Gasteiger partial charge is 0.495 e. The SMILES string of the molecule is COc1ccc(C)cc1NC(=O)CN(c1cccc([N+](=O)[O-])c1C)S(C)(=O)=O. The second kappa shape index (κ2) is 8.26. The van der Waals surface area contributed by atoms with Gasteiger partial charge in [0.15, 0.2) is 0 Å². The lowest BCUT2D eigenvalue weighted by Crippen LogP contribution is -2.38. The Bertz CT molecular complexity index is 1020. The van der Waals surface area contributed by atoms with Crippen LogP contribution in [0.25, 0.3) is 0 Å². The lowest BCUT2D eigenvalue weighted by atomic mass is 10.1. The molecule has 0 heterocycles. The number of carbonyl (C=O) groups is 1. The van der Waals surface area contributed by atoms with Crippen LogP contribution in [0.3, 0.4) is 0 Å². The molecule has 0 aliphatic rings. The van der Waals surface area contributed by atoms with Gasteiger partial charge in [0.2, 0.25) is 15.9 Å². The number of benzene rings is 2. The first-order valence-electron chi connectivity index (χ1n) is 8.20. The molecule has 0 spiro atoms. The van der Waals surface area contributed by atoms with Crippen LogP contribution in [0.1, 0.15) is 11.1 Å². The zero-order chi connectivity index (χ0) is 21.1. The molecule has 0 aliphatic carbocycles. The van der Waals surface area contributed by atoms with Gasteiger partial charge in [0.05, 0.1) is 35.2 Å². The summed E-state index contributed by atoms with van der Waals surface area (Å²) in [5, 5.41) is 13.8. The Morgan fingerprint density at radius 3 is 2.50 bits per heavy atom. The number of amides is 1. The first-order valence-corrected chi connectivity index (χ1v) is 10.1. The third-order valence-electron chi connectivity index (χ3n) is 4.06. The fraction of sp³-hybridized carbons (Fsp3) is 0.278. The van der Waals surface area contributed by atoms with Crippen LogP contribution in [0.15, 0.2) is 36.4 Å². The number of methoxy groups -OCH3 is 1. The molecule has 0 atom stereocenters. The van der Waals surface area contributed by atoms with E-state index in [1.54, 1.807) is 12.1 Å². The van der Waals surface area contributed by atoms with Gasteiger partial charge in [-0.15, -0.1) is 0 Å². The third kappa shape index (κ3) is 4.77. The van der Waals surface area contributed by atoms with Gasteiger partial charge in [-0.25, -0.2) is 8.42 Å². The zero-order valence-corrected chi connectivity index (χ0v) is 16.7. The summed E-state index contributed by atoms with van der Waals surface area (Å²) in [4.78, 5) is 23.1. The van der Waals surface area contributed by atoms with E-state index in [0.717, 1.165) is 16.1 Å². The Balaban J connectivity index is 2.37. The quantitative estimate of drug-likeness (QED) is 0.557.